The topological polar surface area (TPSA) is 33.9 Å². The van der Waals surface area contributed by atoms with E-state index in [0.717, 1.165) is 12.3 Å². The number of piperidine rings is 1. The van der Waals surface area contributed by atoms with E-state index >= 15 is 0 Å². The Bertz CT molecular complexity index is 441. The molecule has 0 unspecified atom stereocenters. The molecule has 1 fully saturated rings. The van der Waals surface area contributed by atoms with Crippen molar-refractivity contribution in [3.8, 4) is 5.75 Å². The highest BCUT2D eigenvalue weighted by molar-refractivity contribution is 5.38. The molecule has 0 spiro atoms. The molecule has 0 aromatic heterocycles. The molecule has 0 bridgehead atoms. The molecule has 1 aliphatic heterocycles. The number of ether oxygens (including phenoxy) is 1. The van der Waals surface area contributed by atoms with E-state index in [0.29, 0.717) is 6.61 Å². The summed E-state index contributed by atoms with van der Waals surface area (Å²) in [5, 5.41) is 10.1. The minimum atomic E-state index is -0.351. The van der Waals surface area contributed by atoms with E-state index in [1.165, 1.54) is 67.6 Å². The Labute approximate surface area is 121 Å². The molecule has 2 N–H and O–H groups in total. The van der Waals surface area contributed by atoms with Gasteiger partial charge in [0.25, 0.3) is 0 Å². The fraction of sp³-hybridized carbons (Fsp3) is 0.647. The van der Waals surface area contributed by atoms with Crippen LogP contribution in [0, 0.1) is 0 Å². The van der Waals surface area contributed by atoms with E-state index in [2.05, 4.69) is 12.1 Å². The van der Waals surface area contributed by atoms with Crippen LogP contribution in [0.3, 0.4) is 0 Å². The lowest BCUT2D eigenvalue weighted by molar-refractivity contribution is -0.908. The Morgan fingerprint density at radius 2 is 1.85 bits per heavy atom. The average molecular weight is 276 g/mol. The zero-order valence-corrected chi connectivity index (χ0v) is 12.2. The molecule has 1 aromatic carbocycles. The molecule has 110 valence electrons. The first kappa shape index (κ1) is 13.9. The van der Waals surface area contributed by atoms with Gasteiger partial charge in [0, 0.05) is 0 Å². The van der Waals surface area contributed by atoms with Crippen molar-refractivity contribution in [1.29, 1.82) is 0 Å². The third-order valence-corrected chi connectivity index (χ3v) is 4.60. The first-order valence-electron chi connectivity index (χ1n) is 8.07. The number of quaternary nitrogens is 1. The van der Waals surface area contributed by atoms with E-state index in [9.17, 15) is 5.11 Å². The lowest BCUT2D eigenvalue weighted by Gasteiger charge is -2.25. The van der Waals surface area contributed by atoms with Crippen LogP contribution in [0.4, 0.5) is 0 Å². The summed E-state index contributed by atoms with van der Waals surface area (Å²) in [6.45, 7) is 3.65. The third kappa shape index (κ3) is 3.53. The average Bonchev–Trinajstić information content (AvgIpc) is 2.93. The SMILES string of the molecule is O[C@@H](COc1ccc2c(c1)CCC2)C[NH+]1CCCCC1. The molecule has 0 radical (unpaired) electrons. The van der Waals surface area contributed by atoms with Crippen molar-refractivity contribution in [2.75, 3.05) is 26.2 Å². The van der Waals surface area contributed by atoms with Crippen LogP contribution in [-0.2, 0) is 12.8 Å². The maximum atomic E-state index is 10.1. The third-order valence-electron chi connectivity index (χ3n) is 4.60. The number of rotatable bonds is 5. The molecule has 2 aliphatic rings. The van der Waals surface area contributed by atoms with E-state index in [1.54, 1.807) is 0 Å². The van der Waals surface area contributed by atoms with E-state index < -0.39 is 0 Å². The largest absolute Gasteiger partial charge is 0.491 e. The zero-order chi connectivity index (χ0) is 13.8. The van der Waals surface area contributed by atoms with Gasteiger partial charge in [0.1, 0.15) is 25.0 Å². The Morgan fingerprint density at radius 3 is 2.70 bits per heavy atom. The van der Waals surface area contributed by atoms with Crippen LogP contribution in [0.15, 0.2) is 18.2 Å². The summed E-state index contributed by atoms with van der Waals surface area (Å²) in [4.78, 5) is 1.53. The summed E-state index contributed by atoms with van der Waals surface area (Å²) >= 11 is 0. The van der Waals surface area contributed by atoms with Crippen LogP contribution in [0.1, 0.15) is 36.8 Å². The van der Waals surface area contributed by atoms with Crippen LogP contribution in [-0.4, -0.2) is 37.5 Å². The van der Waals surface area contributed by atoms with Gasteiger partial charge >= 0.3 is 0 Å². The van der Waals surface area contributed by atoms with Crippen molar-refractivity contribution in [3.63, 3.8) is 0 Å². The molecule has 3 heteroatoms. The number of aryl methyl sites for hydroxylation is 2. The van der Waals surface area contributed by atoms with Crippen molar-refractivity contribution in [2.24, 2.45) is 0 Å². The highest BCUT2D eigenvalue weighted by atomic mass is 16.5. The summed E-state index contributed by atoms with van der Waals surface area (Å²) in [6, 6.07) is 6.38. The number of aliphatic hydroxyl groups is 1. The molecule has 1 atom stereocenters. The Balaban J connectivity index is 1.46. The minimum absolute atomic E-state index is 0.351. The van der Waals surface area contributed by atoms with E-state index in [4.69, 9.17) is 4.74 Å². The van der Waals surface area contributed by atoms with Gasteiger partial charge in [0.05, 0.1) is 13.1 Å². The summed E-state index contributed by atoms with van der Waals surface area (Å²) in [5.41, 5.74) is 2.90. The first-order chi connectivity index (χ1) is 9.81. The molecule has 0 amide bonds. The van der Waals surface area contributed by atoms with E-state index in [1.807, 2.05) is 6.07 Å². The number of nitrogens with one attached hydrogen (secondary N) is 1. The maximum Gasteiger partial charge on any atom is 0.137 e. The van der Waals surface area contributed by atoms with Crippen LogP contribution >= 0.6 is 0 Å². The summed E-state index contributed by atoms with van der Waals surface area (Å²) < 4.78 is 5.77. The normalized spacial score (nSPS) is 20.6. The summed E-state index contributed by atoms with van der Waals surface area (Å²) in [5.74, 6) is 0.915. The van der Waals surface area contributed by atoms with Gasteiger partial charge in [0.15, 0.2) is 0 Å². The molecule has 1 heterocycles. The molecular weight excluding hydrogens is 250 g/mol. The van der Waals surface area contributed by atoms with Crippen molar-refractivity contribution in [3.05, 3.63) is 29.3 Å². The Kier molecular flexibility index (Phi) is 4.58. The van der Waals surface area contributed by atoms with Gasteiger partial charge in [-0.05, 0) is 61.8 Å². The van der Waals surface area contributed by atoms with Crippen molar-refractivity contribution in [2.45, 2.75) is 44.6 Å². The van der Waals surface area contributed by atoms with Gasteiger partial charge in [-0.25, -0.2) is 0 Å². The van der Waals surface area contributed by atoms with Crippen LogP contribution in [0.5, 0.6) is 5.75 Å². The van der Waals surface area contributed by atoms with E-state index in [-0.39, 0.29) is 6.10 Å². The van der Waals surface area contributed by atoms with Crippen LogP contribution in [0.25, 0.3) is 0 Å². The Morgan fingerprint density at radius 1 is 1.05 bits per heavy atom. The second-order valence-corrected chi connectivity index (χ2v) is 6.26. The van der Waals surface area contributed by atoms with Crippen molar-refractivity contribution < 1.29 is 14.7 Å². The zero-order valence-electron chi connectivity index (χ0n) is 12.2. The first-order valence-corrected chi connectivity index (χ1v) is 8.07. The van der Waals surface area contributed by atoms with Gasteiger partial charge in [0.2, 0.25) is 0 Å². The molecule has 20 heavy (non-hydrogen) atoms. The molecular formula is C17H26NO2+. The smallest absolute Gasteiger partial charge is 0.137 e. The fourth-order valence-electron chi connectivity index (χ4n) is 3.48. The predicted octanol–water partition coefficient (Wildman–Crippen LogP) is 0.984. The van der Waals surface area contributed by atoms with Gasteiger partial charge in [-0.3, -0.25) is 0 Å². The molecule has 3 rings (SSSR count). The lowest BCUT2D eigenvalue weighted by atomic mass is 10.1. The number of benzene rings is 1. The Hall–Kier alpha value is -1.06. The molecule has 1 saturated heterocycles. The molecule has 1 aromatic rings. The second-order valence-electron chi connectivity index (χ2n) is 6.26. The summed E-state index contributed by atoms with van der Waals surface area (Å²) in [7, 11) is 0. The molecule has 3 nitrogen and oxygen atoms in total. The van der Waals surface area contributed by atoms with Crippen LogP contribution < -0.4 is 9.64 Å². The number of hydrogen-bond acceptors (Lipinski definition) is 2. The van der Waals surface area contributed by atoms with Gasteiger partial charge in [-0.1, -0.05) is 6.07 Å². The van der Waals surface area contributed by atoms with Crippen molar-refractivity contribution >= 4 is 0 Å². The minimum Gasteiger partial charge on any atom is -0.491 e. The summed E-state index contributed by atoms with van der Waals surface area (Å²) in [6.07, 6.45) is 7.24. The fourth-order valence-corrected chi connectivity index (χ4v) is 3.48. The van der Waals surface area contributed by atoms with Gasteiger partial charge in [-0.2, -0.15) is 0 Å². The highest BCUT2D eigenvalue weighted by Crippen LogP contribution is 2.25. The number of likely N-dealkylation sites (tertiary alicyclic amines) is 1. The molecule has 0 saturated carbocycles. The number of fused-ring (bicyclic) bond motifs is 1. The second kappa shape index (κ2) is 6.59. The number of hydrogen-bond donors (Lipinski definition) is 2. The van der Waals surface area contributed by atoms with Gasteiger partial charge in [-0.15, -0.1) is 0 Å². The quantitative estimate of drug-likeness (QED) is 0.841. The predicted molar refractivity (Wildman–Crippen MR) is 79.4 cm³/mol. The maximum absolute atomic E-state index is 10.1. The van der Waals surface area contributed by atoms with Crippen molar-refractivity contribution in [1.82, 2.24) is 0 Å². The lowest BCUT2D eigenvalue weighted by Crippen LogP contribution is -3.14. The number of aliphatic hydroxyl groups excluding tert-OH is 1. The molecule has 1 aliphatic carbocycles. The standard InChI is InChI=1S/C17H25NO2/c19-16(12-18-9-2-1-3-10-18)13-20-17-8-7-14-5-4-6-15(14)11-17/h7-8,11,16,19H,1-6,9-10,12-13H2/p+1/t16-/m1/s1. The van der Waals surface area contributed by atoms with Gasteiger partial charge < -0.3 is 14.7 Å². The van der Waals surface area contributed by atoms with Crippen LogP contribution in [0.2, 0.25) is 0 Å². The monoisotopic (exact) mass is 276 g/mol. The highest BCUT2D eigenvalue weighted by Gasteiger charge is 2.18.